The molecule has 5 heteroatoms. The summed E-state index contributed by atoms with van der Waals surface area (Å²) in [5.41, 5.74) is 0. The van der Waals surface area contributed by atoms with E-state index in [1.165, 1.54) is 6.42 Å². The summed E-state index contributed by atoms with van der Waals surface area (Å²) in [6.45, 7) is 0. The van der Waals surface area contributed by atoms with Crippen LogP contribution in [-0.2, 0) is 10.8 Å². The van der Waals surface area contributed by atoms with Crippen molar-refractivity contribution in [1.29, 1.82) is 0 Å². The molecule has 1 saturated carbocycles. The SMILES string of the molecule is O=S(CCC(F)(F)F)CC1CCCCC1. The minimum Gasteiger partial charge on any atom is -0.260 e. The molecule has 1 unspecified atom stereocenters. The van der Waals surface area contributed by atoms with Gasteiger partial charge in [-0.05, 0) is 18.8 Å². The molecule has 0 bridgehead atoms. The summed E-state index contributed by atoms with van der Waals surface area (Å²) in [6.07, 6.45) is 0.498. The lowest BCUT2D eigenvalue weighted by Crippen LogP contribution is -2.19. The maximum Gasteiger partial charge on any atom is 0.390 e. The Labute approximate surface area is 90.9 Å². The highest BCUT2D eigenvalue weighted by molar-refractivity contribution is 7.84. The van der Waals surface area contributed by atoms with Crippen LogP contribution in [0.1, 0.15) is 38.5 Å². The van der Waals surface area contributed by atoms with Crippen molar-refractivity contribution < 1.29 is 17.4 Å². The highest BCUT2D eigenvalue weighted by Gasteiger charge is 2.28. The molecule has 15 heavy (non-hydrogen) atoms. The zero-order valence-corrected chi connectivity index (χ0v) is 9.50. The number of alkyl halides is 3. The van der Waals surface area contributed by atoms with Crippen LogP contribution in [-0.4, -0.2) is 21.9 Å². The topological polar surface area (TPSA) is 17.1 Å². The van der Waals surface area contributed by atoms with Crippen LogP contribution in [0.25, 0.3) is 0 Å². The van der Waals surface area contributed by atoms with E-state index in [1.54, 1.807) is 0 Å². The van der Waals surface area contributed by atoms with Crippen LogP contribution in [0.2, 0.25) is 0 Å². The van der Waals surface area contributed by atoms with E-state index >= 15 is 0 Å². The molecule has 0 aromatic carbocycles. The van der Waals surface area contributed by atoms with E-state index in [0.29, 0.717) is 11.7 Å². The van der Waals surface area contributed by atoms with Gasteiger partial charge in [0.1, 0.15) is 0 Å². The molecule has 0 radical (unpaired) electrons. The van der Waals surface area contributed by atoms with E-state index in [0.717, 1.165) is 25.7 Å². The van der Waals surface area contributed by atoms with Crippen molar-refractivity contribution in [3.63, 3.8) is 0 Å². The Bertz CT molecular complexity index is 209. The van der Waals surface area contributed by atoms with E-state index in [2.05, 4.69) is 0 Å². The predicted molar refractivity (Wildman–Crippen MR) is 55.1 cm³/mol. The summed E-state index contributed by atoms with van der Waals surface area (Å²) in [5, 5.41) is 0. The fourth-order valence-electron chi connectivity index (χ4n) is 1.93. The van der Waals surface area contributed by atoms with Crippen LogP contribution in [0.3, 0.4) is 0 Å². The van der Waals surface area contributed by atoms with Gasteiger partial charge in [-0.3, -0.25) is 4.21 Å². The van der Waals surface area contributed by atoms with Crippen LogP contribution in [0.4, 0.5) is 13.2 Å². The number of halogens is 3. The van der Waals surface area contributed by atoms with Crippen molar-refractivity contribution in [2.75, 3.05) is 11.5 Å². The van der Waals surface area contributed by atoms with Crippen LogP contribution in [0.5, 0.6) is 0 Å². The minimum absolute atomic E-state index is 0.222. The third-order valence-electron chi connectivity index (χ3n) is 2.76. The summed E-state index contributed by atoms with van der Waals surface area (Å²) >= 11 is 0. The van der Waals surface area contributed by atoms with Crippen LogP contribution >= 0.6 is 0 Å². The van der Waals surface area contributed by atoms with Crippen LogP contribution in [0, 0.1) is 5.92 Å². The standard InChI is InChI=1S/C10H17F3OS/c11-10(12,13)6-7-15(14)8-9-4-2-1-3-5-9/h9H,1-8H2. The number of hydrogen-bond donors (Lipinski definition) is 0. The fraction of sp³-hybridized carbons (Fsp3) is 1.00. The van der Waals surface area contributed by atoms with Crippen molar-refractivity contribution >= 4 is 10.8 Å². The fourth-order valence-corrected chi connectivity index (χ4v) is 3.41. The van der Waals surface area contributed by atoms with E-state index in [-0.39, 0.29) is 5.75 Å². The largest absolute Gasteiger partial charge is 0.390 e. The molecular formula is C10H17F3OS. The summed E-state index contributed by atoms with van der Waals surface area (Å²) in [7, 11) is -1.28. The molecule has 1 aliphatic carbocycles. The van der Waals surface area contributed by atoms with Gasteiger partial charge in [-0.15, -0.1) is 0 Å². The minimum atomic E-state index is -4.16. The first kappa shape index (κ1) is 13.0. The van der Waals surface area contributed by atoms with Gasteiger partial charge in [0.05, 0.1) is 6.42 Å². The normalized spacial score (nSPS) is 21.5. The third-order valence-corrected chi connectivity index (χ3v) is 4.26. The average molecular weight is 242 g/mol. The number of hydrogen-bond acceptors (Lipinski definition) is 1. The Kier molecular flexibility index (Phi) is 5.09. The van der Waals surface area contributed by atoms with Gasteiger partial charge in [0.15, 0.2) is 0 Å². The Balaban J connectivity index is 2.17. The van der Waals surface area contributed by atoms with Gasteiger partial charge in [0.25, 0.3) is 0 Å². The molecular weight excluding hydrogens is 225 g/mol. The molecule has 0 aliphatic heterocycles. The summed E-state index contributed by atoms with van der Waals surface area (Å²) < 4.78 is 46.9. The second-order valence-corrected chi connectivity index (χ2v) is 5.80. The molecule has 1 aliphatic rings. The molecule has 0 saturated heterocycles. The van der Waals surface area contributed by atoms with Gasteiger partial charge < -0.3 is 0 Å². The van der Waals surface area contributed by atoms with E-state index in [9.17, 15) is 17.4 Å². The Hall–Kier alpha value is -0.0600. The van der Waals surface area contributed by atoms with Crippen molar-refractivity contribution in [1.82, 2.24) is 0 Å². The number of rotatable bonds is 4. The van der Waals surface area contributed by atoms with Crippen LogP contribution < -0.4 is 0 Å². The van der Waals surface area contributed by atoms with Crippen molar-refractivity contribution in [3.8, 4) is 0 Å². The molecule has 90 valence electrons. The first-order chi connectivity index (χ1) is 6.97. The van der Waals surface area contributed by atoms with Crippen LogP contribution in [0.15, 0.2) is 0 Å². The maximum atomic E-state index is 11.9. The van der Waals surface area contributed by atoms with Crippen molar-refractivity contribution in [2.24, 2.45) is 5.92 Å². The average Bonchev–Trinajstić information content (AvgIpc) is 2.15. The summed E-state index contributed by atoms with van der Waals surface area (Å²) in [4.78, 5) is 0. The second kappa shape index (κ2) is 5.87. The molecule has 0 aromatic heterocycles. The van der Waals surface area contributed by atoms with E-state index < -0.39 is 23.4 Å². The lowest BCUT2D eigenvalue weighted by molar-refractivity contribution is -0.129. The molecule has 1 atom stereocenters. The van der Waals surface area contributed by atoms with Gasteiger partial charge in [0, 0.05) is 22.3 Å². The van der Waals surface area contributed by atoms with Gasteiger partial charge >= 0.3 is 6.18 Å². The zero-order chi connectivity index (χ0) is 11.3. The quantitative estimate of drug-likeness (QED) is 0.739. The van der Waals surface area contributed by atoms with E-state index in [4.69, 9.17) is 0 Å². The predicted octanol–water partition coefficient (Wildman–Crippen LogP) is 3.27. The molecule has 0 amide bonds. The molecule has 0 heterocycles. The summed E-state index contributed by atoms with van der Waals surface area (Å²) in [6, 6.07) is 0. The van der Waals surface area contributed by atoms with Crippen molar-refractivity contribution in [2.45, 2.75) is 44.7 Å². The monoisotopic (exact) mass is 242 g/mol. The first-order valence-electron chi connectivity index (χ1n) is 5.39. The molecule has 0 aromatic rings. The smallest absolute Gasteiger partial charge is 0.260 e. The lowest BCUT2D eigenvalue weighted by Gasteiger charge is -2.20. The third kappa shape index (κ3) is 6.17. The highest BCUT2D eigenvalue weighted by Crippen LogP contribution is 2.25. The molecule has 1 fully saturated rings. The highest BCUT2D eigenvalue weighted by atomic mass is 32.2. The maximum absolute atomic E-state index is 11.9. The Morgan fingerprint density at radius 1 is 1.13 bits per heavy atom. The molecule has 1 nitrogen and oxygen atoms in total. The van der Waals surface area contributed by atoms with Gasteiger partial charge in [-0.1, -0.05) is 19.3 Å². The van der Waals surface area contributed by atoms with Gasteiger partial charge in [-0.2, -0.15) is 13.2 Å². The first-order valence-corrected chi connectivity index (χ1v) is 6.88. The Morgan fingerprint density at radius 3 is 2.27 bits per heavy atom. The molecule has 0 spiro atoms. The molecule has 0 N–H and O–H groups in total. The summed E-state index contributed by atoms with van der Waals surface area (Å²) in [5.74, 6) is 0.642. The van der Waals surface area contributed by atoms with Gasteiger partial charge in [0.2, 0.25) is 0 Å². The molecule has 1 rings (SSSR count). The Morgan fingerprint density at radius 2 is 1.73 bits per heavy atom. The lowest BCUT2D eigenvalue weighted by atomic mass is 9.91. The van der Waals surface area contributed by atoms with Crippen molar-refractivity contribution in [3.05, 3.63) is 0 Å². The zero-order valence-electron chi connectivity index (χ0n) is 8.68. The second-order valence-electron chi connectivity index (χ2n) is 4.18. The van der Waals surface area contributed by atoms with Gasteiger partial charge in [-0.25, -0.2) is 0 Å². The van der Waals surface area contributed by atoms with E-state index in [1.807, 2.05) is 0 Å².